The third kappa shape index (κ3) is 1.91. The summed E-state index contributed by atoms with van der Waals surface area (Å²) in [6.45, 7) is 1.84. The van der Waals surface area contributed by atoms with Crippen molar-refractivity contribution >= 4 is 0 Å². The highest BCUT2D eigenvalue weighted by molar-refractivity contribution is 5.39. The van der Waals surface area contributed by atoms with Gasteiger partial charge < -0.3 is 10.2 Å². The van der Waals surface area contributed by atoms with Crippen LogP contribution in [0.4, 0.5) is 0 Å². The quantitative estimate of drug-likeness (QED) is 0.722. The van der Waals surface area contributed by atoms with Gasteiger partial charge in [-0.3, -0.25) is 0 Å². The minimum atomic E-state index is -1.42. The van der Waals surface area contributed by atoms with Gasteiger partial charge in [-0.25, -0.2) is 4.68 Å². The summed E-state index contributed by atoms with van der Waals surface area (Å²) in [5.74, 6) is 0. The molecule has 78 valence electrons. The van der Waals surface area contributed by atoms with Gasteiger partial charge in [-0.2, -0.15) is 5.10 Å². The number of benzene rings is 1. The van der Waals surface area contributed by atoms with Gasteiger partial charge in [0, 0.05) is 18.0 Å². The maximum absolute atomic E-state index is 9.06. The average Bonchev–Trinajstić information content (AvgIpc) is 2.69. The lowest BCUT2D eigenvalue weighted by Gasteiger charge is -2.09. The molecular formula is C11H12N2O2. The van der Waals surface area contributed by atoms with E-state index in [9.17, 15) is 0 Å². The molecule has 0 atom stereocenters. The Hall–Kier alpha value is -1.65. The van der Waals surface area contributed by atoms with Crippen molar-refractivity contribution in [2.45, 2.75) is 13.2 Å². The van der Waals surface area contributed by atoms with E-state index in [1.807, 2.05) is 25.3 Å². The van der Waals surface area contributed by atoms with Crippen molar-refractivity contribution in [1.29, 1.82) is 0 Å². The molecule has 0 unspecified atom stereocenters. The normalized spacial score (nSPS) is 10.9. The molecule has 2 aromatic rings. The molecule has 1 aromatic heterocycles. The highest BCUT2D eigenvalue weighted by atomic mass is 16.5. The van der Waals surface area contributed by atoms with Crippen molar-refractivity contribution < 1.29 is 10.2 Å². The first-order valence-corrected chi connectivity index (χ1v) is 4.65. The van der Waals surface area contributed by atoms with Gasteiger partial charge in [0.1, 0.15) is 0 Å². The minimum absolute atomic E-state index is 0.519. The van der Waals surface area contributed by atoms with Crippen LogP contribution in [0.15, 0.2) is 36.7 Å². The Bertz CT molecular complexity index is 450. The van der Waals surface area contributed by atoms with Crippen LogP contribution in [-0.2, 0) is 0 Å². The first kappa shape index (κ1) is 9.89. The Morgan fingerprint density at radius 2 is 2.13 bits per heavy atom. The number of hydrogen-bond donors (Lipinski definition) is 2. The molecule has 1 aromatic carbocycles. The van der Waals surface area contributed by atoms with Crippen LogP contribution in [-0.4, -0.2) is 20.0 Å². The molecule has 4 heteroatoms. The number of aliphatic hydroxyl groups is 2. The van der Waals surface area contributed by atoms with Crippen molar-refractivity contribution in [1.82, 2.24) is 9.78 Å². The molecule has 2 rings (SSSR count). The van der Waals surface area contributed by atoms with Gasteiger partial charge in [0.05, 0.1) is 5.69 Å². The van der Waals surface area contributed by atoms with Gasteiger partial charge in [-0.1, -0.05) is 6.07 Å². The molecule has 4 nitrogen and oxygen atoms in total. The molecule has 0 radical (unpaired) electrons. The fourth-order valence-electron chi connectivity index (χ4n) is 1.51. The first-order valence-electron chi connectivity index (χ1n) is 4.65. The second-order valence-electron chi connectivity index (χ2n) is 3.37. The Balaban J connectivity index is 2.42. The number of aromatic nitrogens is 2. The first-order chi connectivity index (χ1) is 7.18. The zero-order chi connectivity index (χ0) is 10.8. The summed E-state index contributed by atoms with van der Waals surface area (Å²) in [6.07, 6.45) is 2.12. The number of rotatable bonds is 2. The van der Waals surface area contributed by atoms with Crippen molar-refractivity contribution in [2.24, 2.45) is 0 Å². The molecular weight excluding hydrogens is 192 g/mol. The predicted octanol–water partition coefficient (Wildman–Crippen LogP) is 1.16. The van der Waals surface area contributed by atoms with E-state index in [0.717, 1.165) is 11.3 Å². The van der Waals surface area contributed by atoms with Crippen molar-refractivity contribution in [3.05, 3.63) is 47.8 Å². The zero-order valence-electron chi connectivity index (χ0n) is 8.33. The third-order valence-electron chi connectivity index (χ3n) is 2.30. The van der Waals surface area contributed by atoms with Gasteiger partial charge in [0.2, 0.25) is 0 Å². The van der Waals surface area contributed by atoms with E-state index in [2.05, 4.69) is 5.10 Å². The molecule has 0 spiro atoms. The Labute approximate surface area is 87.4 Å². The second-order valence-corrected chi connectivity index (χ2v) is 3.37. The third-order valence-corrected chi connectivity index (χ3v) is 2.30. The van der Waals surface area contributed by atoms with E-state index in [1.54, 1.807) is 23.0 Å². The van der Waals surface area contributed by atoms with Gasteiger partial charge in [0.25, 0.3) is 0 Å². The van der Waals surface area contributed by atoms with Crippen LogP contribution in [0.3, 0.4) is 0 Å². The van der Waals surface area contributed by atoms with Crippen LogP contribution in [0.2, 0.25) is 0 Å². The van der Waals surface area contributed by atoms with E-state index in [-0.39, 0.29) is 0 Å². The highest BCUT2D eigenvalue weighted by Gasteiger charge is 2.07. The smallest absolute Gasteiger partial charge is 0.178 e. The van der Waals surface area contributed by atoms with Gasteiger partial charge in [-0.15, -0.1) is 0 Å². The summed E-state index contributed by atoms with van der Waals surface area (Å²) >= 11 is 0. The van der Waals surface area contributed by atoms with Crippen LogP contribution in [0.1, 0.15) is 17.4 Å². The van der Waals surface area contributed by atoms with E-state index in [0.29, 0.717) is 5.56 Å². The molecule has 0 bridgehead atoms. The summed E-state index contributed by atoms with van der Waals surface area (Å²) in [4.78, 5) is 0. The Morgan fingerprint density at radius 3 is 2.67 bits per heavy atom. The van der Waals surface area contributed by atoms with Crippen molar-refractivity contribution in [2.75, 3.05) is 0 Å². The zero-order valence-corrected chi connectivity index (χ0v) is 8.33. The predicted molar refractivity (Wildman–Crippen MR) is 55.5 cm³/mol. The molecule has 0 amide bonds. The lowest BCUT2D eigenvalue weighted by atomic mass is 10.1. The fourth-order valence-corrected chi connectivity index (χ4v) is 1.51. The second kappa shape index (κ2) is 3.84. The summed E-state index contributed by atoms with van der Waals surface area (Å²) in [5, 5.41) is 22.2. The molecule has 0 aliphatic carbocycles. The summed E-state index contributed by atoms with van der Waals surface area (Å²) in [6, 6.07) is 7.19. The highest BCUT2D eigenvalue weighted by Crippen LogP contribution is 2.18. The van der Waals surface area contributed by atoms with Crippen molar-refractivity contribution in [3.8, 4) is 5.69 Å². The van der Waals surface area contributed by atoms with E-state index in [1.165, 1.54) is 0 Å². The maximum Gasteiger partial charge on any atom is 0.178 e. The van der Waals surface area contributed by atoms with Crippen LogP contribution in [0, 0.1) is 6.92 Å². The van der Waals surface area contributed by atoms with Crippen molar-refractivity contribution in [3.63, 3.8) is 0 Å². The molecule has 0 fully saturated rings. The Morgan fingerprint density at radius 1 is 1.33 bits per heavy atom. The maximum atomic E-state index is 9.06. The largest absolute Gasteiger partial charge is 0.364 e. The molecule has 15 heavy (non-hydrogen) atoms. The molecule has 0 aliphatic heterocycles. The monoisotopic (exact) mass is 204 g/mol. The van der Waals surface area contributed by atoms with E-state index in [4.69, 9.17) is 10.2 Å². The fraction of sp³-hybridized carbons (Fsp3) is 0.182. The van der Waals surface area contributed by atoms with Crippen LogP contribution in [0.25, 0.3) is 5.69 Å². The van der Waals surface area contributed by atoms with Gasteiger partial charge in [-0.05, 0) is 30.7 Å². The molecule has 0 saturated heterocycles. The van der Waals surface area contributed by atoms with E-state index >= 15 is 0 Å². The SMILES string of the molecule is Cc1cc(-n2cccn2)ccc1C(O)O. The topological polar surface area (TPSA) is 58.3 Å². The molecule has 2 N–H and O–H groups in total. The average molecular weight is 204 g/mol. The van der Waals surface area contributed by atoms with Crippen LogP contribution in [0.5, 0.6) is 0 Å². The van der Waals surface area contributed by atoms with Crippen LogP contribution >= 0.6 is 0 Å². The lowest BCUT2D eigenvalue weighted by Crippen LogP contribution is -2.01. The summed E-state index contributed by atoms with van der Waals surface area (Å²) < 4.78 is 1.72. The molecule has 1 heterocycles. The lowest BCUT2D eigenvalue weighted by molar-refractivity contribution is -0.0429. The molecule has 0 saturated carbocycles. The van der Waals surface area contributed by atoms with Gasteiger partial charge in [0.15, 0.2) is 6.29 Å². The number of nitrogens with zero attached hydrogens (tertiary/aromatic N) is 2. The Kier molecular flexibility index (Phi) is 2.53. The number of aliphatic hydroxyl groups excluding tert-OH is 1. The standard InChI is InChI=1S/C11H12N2O2/c1-8-7-9(13-6-2-5-12-13)3-4-10(8)11(14)15/h2-7,11,14-15H,1H3. The number of hydrogen-bond acceptors (Lipinski definition) is 3. The van der Waals surface area contributed by atoms with Gasteiger partial charge >= 0.3 is 0 Å². The number of aryl methyl sites for hydroxylation is 1. The summed E-state index contributed by atoms with van der Waals surface area (Å²) in [7, 11) is 0. The van der Waals surface area contributed by atoms with Crippen LogP contribution < -0.4 is 0 Å². The summed E-state index contributed by atoms with van der Waals surface area (Å²) in [5.41, 5.74) is 2.26. The minimum Gasteiger partial charge on any atom is -0.364 e. The van der Waals surface area contributed by atoms with E-state index < -0.39 is 6.29 Å². The molecule has 0 aliphatic rings.